The van der Waals surface area contributed by atoms with Crippen LogP contribution in [0.25, 0.3) is 76.5 Å². The Morgan fingerprint density at radius 1 is 0.293 bits per heavy atom. The van der Waals surface area contributed by atoms with E-state index in [2.05, 4.69) is 283 Å². The van der Waals surface area contributed by atoms with Crippen LogP contribution in [0.3, 0.4) is 0 Å². The van der Waals surface area contributed by atoms with Gasteiger partial charge in [-0.05, 0) is 121 Å². The van der Waals surface area contributed by atoms with Crippen LogP contribution in [0.2, 0.25) is 39.3 Å². The highest BCUT2D eigenvalue weighted by Gasteiger charge is 2.45. The third-order valence-corrected chi connectivity index (χ3v) is 20.5. The second-order valence-corrected chi connectivity index (χ2v) is 32.9. The number of rotatable bonds is 6. The molecule has 4 heterocycles. The minimum absolute atomic E-state index is 0.0559. The fourth-order valence-electron chi connectivity index (χ4n) is 13.6. The molecule has 0 unspecified atom stereocenters. The van der Waals surface area contributed by atoms with Crippen molar-refractivity contribution < 1.29 is 0 Å². The summed E-state index contributed by atoms with van der Waals surface area (Å²) in [6.45, 7) is 15.1. The van der Waals surface area contributed by atoms with Gasteiger partial charge in [0, 0.05) is 67.0 Å². The first-order valence-electron chi connectivity index (χ1n) is 26.6. The Morgan fingerprint density at radius 3 is 1.01 bits per heavy atom. The van der Waals surface area contributed by atoms with E-state index in [1.165, 1.54) is 126 Å². The third kappa shape index (κ3) is 6.41. The SMILES string of the molecule is C[Si](C)(C)c1c(N2c3cc(-n4c5ccccc5c5ccccc54)ccc3B3c4ccc(-n5c6ccccc6c6ccccc65)cc4N(c4ccc5ccccc5c4[Si](C)(C)C)c4cccc2c43)ccc2ccccc12. The van der Waals surface area contributed by atoms with Crippen molar-refractivity contribution in [2.45, 2.75) is 39.3 Å². The zero-order valence-electron chi connectivity index (χ0n) is 43.2. The Morgan fingerprint density at radius 2 is 0.640 bits per heavy atom. The zero-order chi connectivity index (χ0) is 50.5. The maximum Gasteiger partial charge on any atom is 0.252 e. The summed E-state index contributed by atoms with van der Waals surface area (Å²) in [5.41, 5.74) is 18.6. The van der Waals surface area contributed by atoms with Gasteiger partial charge < -0.3 is 18.9 Å². The van der Waals surface area contributed by atoms with Gasteiger partial charge in [0.15, 0.2) is 0 Å². The van der Waals surface area contributed by atoms with Crippen molar-refractivity contribution in [3.05, 3.63) is 224 Å². The molecule has 13 aromatic rings. The van der Waals surface area contributed by atoms with Gasteiger partial charge in [-0.3, -0.25) is 0 Å². The van der Waals surface area contributed by atoms with Crippen molar-refractivity contribution in [1.82, 2.24) is 9.13 Å². The Labute approximate surface area is 440 Å². The van der Waals surface area contributed by atoms with Gasteiger partial charge in [-0.1, -0.05) is 191 Å². The van der Waals surface area contributed by atoms with Gasteiger partial charge in [0.05, 0.1) is 38.2 Å². The lowest BCUT2D eigenvalue weighted by Gasteiger charge is -2.46. The predicted molar refractivity (Wildman–Crippen MR) is 330 cm³/mol. The summed E-state index contributed by atoms with van der Waals surface area (Å²) in [4.78, 5) is 5.36. The highest BCUT2D eigenvalue weighted by Crippen LogP contribution is 2.47. The summed E-state index contributed by atoms with van der Waals surface area (Å²) in [6.07, 6.45) is 0. The topological polar surface area (TPSA) is 16.3 Å². The molecule has 0 bridgehead atoms. The molecule has 0 aliphatic carbocycles. The Balaban J connectivity index is 1.07. The summed E-state index contributed by atoms with van der Waals surface area (Å²) >= 11 is 0. The molecule has 0 fully saturated rings. The van der Waals surface area contributed by atoms with Crippen LogP contribution in [0.1, 0.15) is 0 Å². The van der Waals surface area contributed by atoms with E-state index >= 15 is 0 Å². The van der Waals surface area contributed by atoms with Gasteiger partial charge in [0.1, 0.15) is 0 Å². The first-order chi connectivity index (χ1) is 36.5. The summed E-state index contributed by atoms with van der Waals surface area (Å²) in [6, 6.07) is 85.2. The molecule has 4 nitrogen and oxygen atoms in total. The molecule has 75 heavy (non-hydrogen) atoms. The van der Waals surface area contributed by atoms with Crippen LogP contribution in [-0.2, 0) is 0 Å². The maximum atomic E-state index is 2.68. The van der Waals surface area contributed by atoms with Crippen molar-refractivity contribution >= 4 is 149 Å². The summed E-state index contributed by atoms with van der Waals surface area (Å²) in [5, 5.41) is 13.3. The number of para-hydroxylation sites is 4. The predicted octanol–water partition coefficient (Wildman–Crippen LogP) is 15.4. The van der Waals surface area contributed by atoms with Crippen LogP contribution in [0.4, 0.5) is 34.1 Å². The lowest BCUT2D eigenvalue weighted by atomic mass is 9.33. The molecule has 358 valence electrons. The molecule has 7 heteroatoms. The fourth-order valence-corrected chi connectivity index (χ4v) is 17.6. The second-order valence-electron chi connectivity index (χ2n) is 22.9. The Hall–Kier alpha value is -8.36. The number of benzene rings is 11. The number of fused-ring (bicyclic) bond motifs is 12. The molecule has 0 N–H and O–H groups in total. The number of hydrogen-bond donors (Lipinski definition) is 0. The van der Waals surface area contributed by atoms with E-state index in [9.17, 15) is 0 Å². The highest BCUT2D eigenvalue weighted by atomic mass is 28.3. The molecule has 0 atom stereocenters. The minimum atomic E-state index is -2.04. The average Bonchev–Trinajstić information content (AvgIpc) is 4.03. The summed E-state index contributed by atoms with van der Waals surface area (Å²) in [5.74, 6) is 0. The van der Waals surface area contributed by atoms with Gasteiger partial charge in [0.25, 0.3) is 6.71 Å². The first kappa shape index (κ1) is 44.2. The molecule has 0 saturated heterocycles. The van der Waals surface area contributed by atoms with Gasteiger partial charge in [-0.15, -0.1) is 0 Å². The number of nitrogens with zero attached hydrogens (tertiary/aromatic N) is 4. The minimum Gasteiger partial charge on any atom is -0.311 e. The fraction of sp³-hybridized carbons (Fsp3) is 0.0882. The second kappa shape index (κ2) is 16.1. The number of hydrogen-bond acceptors (Lipinski definition) is 2. The average molecular weight is 995 g/mol. The number of anilines is 6. The van der Waals surface area contributed by atoms with Gasteiger partial charge in [-0.2, -0.15) is 0 Å². The quantitative estimate of drug-likeness (QED) is 0.154. The van der Waals surface area contributed by atoms with E-state index in [4.69, 9.17) is 0 Å². The van der Waals surface area contributed by atoms with Crippen LogP contribution in [0, 0.1) is 0 Å². The van der Waals surface area contributed by atoms with Crippen molar-refractivity contribution in [3.8, 4) is 11.4 Å². The van der Waals surface area contributed by atoms with Crippen LogP contribution in [0.15, 0.2) is 224 Å². The monoisotopic (exact) mass is 994 g/mol. The standard InChI is InChI=1S/C68H55BN4Si2/c1-74(2,3)67-48-22-9-7-20-44(48)34-40-62(67)72-60-32-19-33-61-66(60)69(54-38-36-46(42-64(54)72)70-56-28-15-11-24-50(56)51-25-12-16-29-57(51)70)55-39-37-47(71-58-30-17-13-26-52(58)53-27-14-18-31-59(53)71)43-65(55)73(61)63-41-35-45-21-8-10-23-49(45)68(63)75(4,5)6/h7-43H,1-6H3. The van der Waals surface area contributed by atoms with Gasteiger partial charge >= 0.3 is 0 Å². The molecule has 2 aliphatic rings. The van der Waals surface area contributed by atoms with E-state index in [-0.39, 0.29) is 6.71 Å². The molecule has 15 rings (SSSR count). The van der Waals surface area contributed by atoms with Gasteiger partial charge in [0.2, 0.25) is 0 Å². The van der Waals surface area contributed by atoms with Crippen LogP contribution in [0.5, 0.6) is 0 Å². The van der Waals surface area contributed by atoms with E-state index in [1.54, 1.807) is 0 Å². The molecular weight excluding hydrogens is 940 g/mol. The van der Waals surface area contributed by atoms with Crippen molar-refractivity contribution in [1.29, 1.82) is 0 Å². The zero-order valence-corrected chi connectivity index (χ0v) is 45.2. The van der Waals surface area contributed by atoms with E-state index in [0.717, 1.165) is 11.4 Å². The van der Waals surface area contributed by atoms with Crippen molar-refractivity contribution in [2.75, 3.05) is 9.80 Å². The van der Waals surface area contributed by atoms with Crippen molar-refractivity contribution in [3.63, 3.8) is 0 Å². The van der Waals surface area contributed by atoms with Crippen molar-refractivity contribution in [2.24, 2.45) is 0 Å². The lowest BCUT2D eigenvalue weighted by molar-refractivity contribution is 1.17. The lowest BCUT2D eigenvalue weighted by Crippen LogP contribution is -2.62. The smallest absolute Gasteiger partial charge is 0.252 e. The molecule has 2 aromatic heterocycles. The molecule has 11 aromatic carbocycles. The van der Waals surface area contributed by atoms with Crippen LogP contribution >= 0.6 is 0 Å². The van der Waals surface area contributed by atoms with E-state index in [0.29, 0.717) is 0 Å². The molecule has 0 saturated carbocycles. The molecule has 0 spiro atoms. The van der Waals surface area contributed by atoms with E-state index < -0.39 is 16.1 Å². The third-order valence-electron chi connectivity index (χ3n) is 16.4. The Bertz CT molecular complexity index is 4160. The molecule has 0 radical (unpaired) electrons. The normalized spacial score (nSPS) is 13.4. The summed E-state index contributed by atoms with van der Waals surface area (Å²) < 4.78 is 4.97. The largest absolute Gasteiger partial charge is 0.311 e. The Kier molecular flexibility index (Phi) is 9.46. The molecule has 0 amide bonds. The van der Waals surface area contributed by atoms with E-state index in [1.807, 2.05) is 0 Å². The van der Waals surface area contributed by atoms with Gasteiger partial charge in [-0.25, -0.2) is 0 Å². The van der Waals surface area contributed by atoms with Crippen LogP contribution < -0.4 is 36.6 Å². The molecule has 2 aliphatic heterocycles. The number of aromatic nitrogens is 2. The first-order valence-corrected chi connectivity index (χ1v) is 33.6. The summed E-state index contributed by atoms with van der Waals surface area (Å²) in [7, 11) is -4.08. The maximum absolute atomic E-state index is 2.68. The van der Waals surface area contributed by atoms with Crippen LogP contribution in [-0.4, -0.2) is 32.0 Å². The highest BCUT2D eigenvalue weighted by molar-refractivity contribution is 7.00. The molecular formula is C68H55BN4Si2.